The molecule has 7 nitrogen and oxygen atoms in total. The highest BCUT2D eigenvalue weighted by atomic mass is 32.2. The van der Waals surface area contributed by atoms with Gasteiger partial charge in [-0.2, -0.15) is 0 Å². The summed E-state index contributed by atoms with van der Waals surface area (Å²) in [5, 5.41) is 2.97. The monoisotopic (exact) mass is 629 g/mol. The first-order chi connectivity index (χ1) is 21.3. The van der Waals surface area contributed by atoms with Crippen LogP contribution < -0.4 is 9.62 Å². The molecule has 4 rings (SSSR count). The van der Waals surface area contributed by atoms with E-state index >= 15 is 4.39 Å². The van der Waals surface area contributed by atoms with Gasteiger partial charge in [-0.05, 0) is 81.6 Å². The molecule has 9 heteroatoms. The van der Waals surface area contributed by atoms with Gasteiger partial charge in [-0.3, -0.25) is 13.9 Å². The highest BCUT2D eigenvalue weighted by Gasteiger charge is 2.36. The zero-order valence-corrected chi connectivity index (χ0v) is 27.1. The molecule has 0 saturated carbocycles. The van der Waals surface area contributed by atoms with Crippen molar-refractivity contribution in [2.24, 2.45) is 0 Å². The number of anilines is 1. The van der Waals surface area contributed by atoms with Gasteiger partial charge in [0, 0.05) is 24.1 Å². The second-order valence-electron chi connectivity index (χ2n) is 12.2. The fourth-order valence-corrected chi connectivity index (χ4v) is 6.37. The molecule has 0 aliphatic heterocycles. The minimum absolute atomic E-state index is 0.0167. The van der Waals surface area contributed by atoms with E-state index in [2.05, 4.69) is 5.32 Å². The van der Waals surface area contributed by atoms with Crippen LogP contribution in [0.5, 0.6) is 0 Å². The molecule has 45 heavy (non-hydrogen) atoms. The van der Waals surface area contributed by atoms with Gasteiger partial charge in [-0.15, -0.1) is 0 Å². The third kappa shape index (κ3) is 8.57. The minimum Gasteiger partial charge on any atom is -0.350 e. The van der Waals surface area contributed by atoms with Crippen molar-refractivity contribution in [2.45, 2.75) is 64.1 Å². The van der Waals surface area contributed by atoms with Crippen molar-refractivity contribution in [2.75, 3.05) is 10.8 Å². The minimum atomic E-state index is -4.22. The lowest BCUT2D eigenvalue weighted by atomic mass is 10.0. The first kappa shape index (κ1) is 33.4. The lowest BCUT2D eigenvalue weighted by molar-refractivity contribution is -0.140. The molecule has 0 aromatic heterocycles. The zero-order valence-electron chi connectivity index (χ0n) is 26.3. The zero-order chi connectivity index (χ0) is 32.8. The molecule has 0 saturated heterocycles. The van der Waals surface area contributed by atoms with Crippen molar-refractivity contribution in [1.82, 2.24) is 10.2 Å². The van der Waals surface area contributed by atoms with Crippen molar-refractivity contribution in [1.29, 1.82) is 0 Å². The van der Waals surface area contributed by atoms with Crippen molar-refractivity contribution in [3.63, 3.8) is 0 Å². The van der Waals surface area contributed by atoms with Crippen LogP contribution >= 0.6 is 0 Å². The van der Waals surface area contributed by atoms with Crippen LogP contribution in [0.25, 0.3) is 0 Å². The van der Waals surface area contributed by atoms with E-state index in [4.69, 9.17) is 0 Å². The van der Waals surface area contributed by atoms with Gasteiger partial charge in [0.15, 0.2) is 0 Å². The van der Waals surface area contributed by atoms with Crippen molar-refractivity contribution in [3.05, 3.63) is 131 Å². The number of aryl methyl sites for hydroxylation is 2. The summed E-state index contributed by atoms with van der Waals surface area (Å²) >= 11 is 0. The van der Waals surface area contributed by atoms with E-state index in [0.717, 1.165) is 21.0 Å². The Labute approximate surface area is 265 Å². The van der Waals surface area contributed by atoms with Crippen molar-refractivity contribution < 1.29 is 22.4 Å². The number of amides is 2. The highest BCUT2D eigenvalue weighted by molar-refractivity contribution is 7.92. The Morgan fingerprint density at radius 3 is 2.02 bits per heavy atom. The summed E-state index contributed by atoms with van der Waals surface area (Å²) in [7, 11) is -4.22. The molecule has 0 aliphatic carbocycles. The first-order valence-electron chi connectivity index (χ1n) is 14.8. The molecule has 0 aliphatic rings. The van der Waals surface area contributed by atoms with Crippen LogP contribution in [0, 0.1) is 19.7 Å². The van der Waals surface area contributed by atoms with Gasteiger partial charge in [0.05, 0.1) is 10.6 Å². The third-order valence-corrected chi connectivity index (χ3v) is 9.24. The second-order valence-corrected chi connectivity index (χ2v) is 14.0. The summed E-state index contributed by atoms with van der Waals surface area (Å²) < 4.78 is 44.3. The van der Waals surface area contributed by atoms with Crippen LogP contribution in [-0.4, -0.2) is 43.3 Å². The molecule has 0 heterocycles. The number of carbonyl (C=O) groups is 2. The molecule has 0 spiro atoms. The molecule has 0 fully saturated rings. The summed E-state index contributed by atoms with van der Waals surface area (Å²) in [5.74, 6) is -1.62. The van der Waals surface area contributed by atoms with E-state index in [1.165, 1.54) is 23.1 Å². The van der Waals surface area contributed by atoms with Crippen LogP contribution in [0.4, 0.5) is 10.1 Å². The van der Waals surface area contributed by atoms with Gasteiger partial charge in [0.2, 0.25) is 11.8 Å². The molecule has 2 amide bonds. The fraction of sp³-hybridized carbons (Fsp3) is 0.278. The molecular formula is C36H40FN3O4S. The van der Waals surface area contributed by atoms with E-state index in [1.807, 2.05) is 65.0 Å². The average molecular weight is 630 g/mol. The maximum Gasteiger partial charge on any atom is 0.264 e. The predicted molar refractivity (Wildman–Crippen MR) is 176 cm³/mol. The number of sulfonamides is 1. The Balaban J connectivity index is 1.84. The summed E-state index contributed by atoms with van der Waals surface area (Å²) in [4.78, 5) is 29.7. The number of rotatable bonds is 11. The average Bonchev–Trinajstić information content (AvgIpc) is 3.00. The Kier molecular flexibility index (Phi) is 10.4. The molecule has 1 atom stereocenters. The van der Waals surface area contributed by atoms with E-state index in [9.17, 15) is 18.0 Å². The second kappa shape index (κ2) is 14.1. The normalized spacial score (nSPS) is 12.3. The summed E-state index contributed by atoms with van der Waals surface area (Å²) in [6, 6.07) is 27.3. The molecule has 0 bridgehead atoms. The van der Waals surface area contributed by atoms with Crippen molar-refractivity contribution >= 4 is 27.5 Å². The number of nitrogens with one attached hydrogen (secondary N) is 1. The molecule has 1 N–H and O–H groups in total. The number of carbonyl (C=O) groups excluding carboxylic acids is 2. The van der Waals surface area contributed by atoms with Gasteiger partial charge >= 0.3 is 0 Å². The molecule has 4 aromatic rings. The van der Waals surface area contributed by atoms with E-state index < -0.39 is 45.8 Å². The van der Waals surface area contributed by atoms with E-state index in [-0.39, 0.29) is 23.4 Å². The smallest absolute Gasteiger partial charge is 0.264 e. The lowest BCUT2D eigenvalue weighted by Gasteiger charge is -2.35. The topological polar surface area (TPSA) is 86.8 Å². The van der Waals surface area contributed by atoms with Crippen molar-refractivity contribution in [3.8, 4) is 0 Å². The van der Waals surface area contributed by atoms with Crippen LogP contribution in [0.3, 0.4) is 0 Å². The van der Waals surface area contributed by atoms with Crippen LogP contribution in [0.2, 0.25) is 0 Å². The maximum atomic E-state index is 15.1. The Hall–Kier alpha value is -4.50. The molecular weight excluding hydrogens is 589 g/mol. The first-order valence-corrected chi connectivity index (χ1v) is 16.2. The Morgan fingerprint density at radius 2 is 1.42 bits per heavy atom. The predicted octanol–water partition coefficient (Wildman–Crippen LogP) is 6.19. The lowest BCUT2D eigenvalue weighted by Crippen LogP contribution is -2.56. The van der Waals surface area contributed by atoms with Gasteiger partial charge in [-0.1, -0.05) is 72.8 Å². The van der Waals surface area contributed by atoms with Crippen LogP contribution in [-0.2, 0) is 32.6 Å². The van der Waals surface area contributed by atoms with Gasteiger partial charge < -0.3 is 10.2 Å². The third-order valence-electron chi connectivity index (χ3n) is 7.46. The fourth-order valence-electron chi connectivity index (χ4n) is 4.95. The molecule has 0 radical (unpaired) electrons. The summed E-state index contributed by atoms with van der Waals surface area (Å²) in [6.45, 7) is 8.43. The Bertz CT molecular complexity index is 1740. The van der Waals surface area contributed by atoms with Crippen LogP contribution in [0.1, 0.15) is 43.0 Å². The van der Waals surface area contributed by atoms with E-state index in [0.29, 0.717) is 5.69 Å². The quantitative estimate of drug-likeness (QED) is 0.214. The van der Waals surface area contributed by atoms with Gasteiger partial charge in [0.25, 0.3) is 10.0 Å². The summed E-state index contributed by atoms with van der Waals surface area (Å²) in [6.07, 6.45) is 0.137. The van der Waals surface area contributed by atoms with Gasteiger partial charge in [-0.25, -0.2) is 12.8 Å². The van der Waals surface area contributed by atoms with Crippen LogP contribution in [0.15, 0.2) is 108 Å². The summed E-state index contributed by atoms with van der Waals surface area (Å²) in [5.41, 5.74) is 2.49. The number of hydrogen-bond acceptors (Lipinski definition) is 4. The molecule has 4 aromatic carbocycles. The number of benzene rings is 4. The Morgan fingerprint density at radius 1 is 0.822 bits per heavy atom. The maximum absolute atomic E-state index is 15.1. The molecule has 236 valence electrons. The standard InChI is InChI=1S/C36H40FN3O4S/c1-26-20-21-30(22-27(26)2)40(45(43,44)31-17-10-7-11-18-31)25-34(41)39(24-29-16-12-13-19-32(29)37)33(35(42)38-36(3,4)5)23-28-14-8-6-9-15-28/h6-22,33H,23-25H2,1-5H3,(H,38,42)/t33-/m0/s1. The SMILES string of the molecule is Cc1ccc(N(CC(=O)N(Cc2ccccc2F)[C@@H](Cc2ccccc2)C(=O)NC(C)(C)C)S(=O)(=O)c2ccccc2)cc1C. The van der Waals surface area contributed by atoms with Gasteiger partial charge in [0.1, 0.15) is 18.4 Å². The number of halogens is 1. The number of nitrogens with zero attached hydrogens (tertiary/aromatic N) is 2. The largest absolute Gasteiger partial charge is 0.350 e. The van der Waals surface area contributed by atoms with E-state index in [1.54, 1.807) is 54.6 Å². The highest BCUT2D eigenvalue weighted by Crippen LogP contribution is 2.27. The molecule has 0 unspecified atom stereocenters. The number of hydrogen-bond donors (Lipinski definition) is 1.